The summed E-state index contributed by atoms with van der Waals surface area (Å²) in [6.07, 6.45) is 0.795. The van der Waals surface area contributed by atoms with E-state index in [2.05, 4.69) is 16.8 Å². The first kappa shape index (κ1) is 26.0. The van der Waals surface area contributed by atoms with E-state index in [0.717, 1.165) is 23.3 Å². The molecule has 0 bridgehead atoms. The van der Waals surface area contributed by atoms with Gasteiger partial charge in [-0.2, -0.15) is 0 Å². The summed E-state index contributed by atoms with van der Waals surface area (Å²) in [5, 5.41) is 5.48. The Kier molecular flexibility index (Phi) is 7.91. The van der Waals surface area contributed by atoms with Crippen molar-refractivity contribution in [3.63, 3.8) is 0 Å². The van der Waals surface area contributed by atoms with Crippen LogP contribution in [0, 0.1) is 6.92 Å². The predicted octanol–water partition coefficient (Wildman–Crippen LogP) is 6.55. The van der Waals surface area contributed by atoms with Crippen LogP contribution in [0.3, 0.4) is 0 Å². The second-order valence-electron chi connectivity index (χ2n) is 9.93. The third-order valence-corrected chi connectivity index (χ3v) is 7.56. The Morgan fingerprint density at radius 1 is 1.17 bits per heavy atom. The Morgan fingerprint density at radius 2 is 1.94 bits per heavy atom. The lowest BCUT2D eigenvalue weighted by atomic mass is 10.00. The number of ether oxygens (including phenoxy) is 1. The molecule has 2 heterocycles. The van der Waals surface area contributed by atoms with Gasteiger partial charge in [0.05, 0.1) is 6.04 Å². The fourth-order valence-corrected chi connectivity index (χ4v) is 5.48. The molecule has 1 aliphatic rings. The standard InChI is InChI=1S/C28H32ClN3O3S/c1-19-8-5-6-11-24(19)35-18-23-22-13-15-36-25(22)12-14-31(23)26(33)17-32(28(2,3)4)27(34)30-21-10-7-9-20(29)16-21/h5-11,13,15-16,23H,12,14,17-18H2,1-4H3,(H,30,34). The average Bonchev–Trinajstić information content (AvgIpc) is 3.30. The van der Waals surface area contributed by atoms with Gasteiger partial charge >= 0.3 is 6.03 Å². The van der Waals surface area contributed by atoms with Crippen LogP contribution in [0.25, 0.3) is 0 Å². The number of aryl methyl sites for hydroxylation is 1. The SMILES string of the molecule is Cc1ccccc1OCC1c2ccsc2CCN1C(=O)CN(C(=O)Nc1cccc(Cl)c1)C(C)(C)C. The van der Waals surface area contributed by atoms with Gasteiger partial charge in [0.2, 0.25) is 5.91 Å². The molecule has 8 heteroatoms. The molecule has 2 aromatic carbocycles. The minimum atomic E-state index is -0.575. The van der Waals surface area contributed by atoms with Gasteiger partial charge in [0.25, 0.3) is 0 Å². The van der Waals surface area contributed by atoms with Crippen molar-refractivity contribution in [2.75, 3.05) is 25.0 Å². The van der Waals surface area contributed by atoms with Crippen LogP contribution in [0.4, 0.5) is 10.5 Å². The highest BCUT2D eigenvalue weighted by Gasteiger charge is 2.36. The fourth-order valence-electron chi connectivity index (χ4n) is 4.36. The summed E-state index contributed by atoms with van der Waals surface area (Å²) in [6, 6.07) is 16.4. The molecule has 190 valence electrons. The van der Waals surface area contributed by atoms with Crippen LogP contribution in [0.2, 0.25) is 5.02 Å². The van der Waals surface area contributed by atoms with Crippen molar-refractivity contribution in [2.45, 2.75) is 45.7 Å². The van der Waals surface area contributed by atoms with Crippen LogP contribution >= 0.6 is 22.9 Å². The first-order valence-corrected chi connectivity index (χ1v) is 13.3. The van der Waals surface area contributed by atoms with Gasteiger partial charge in [0.15, 0.2) is 0 Å². The number of carbonyl (C=O) groups excluding carboxylic acids is 2. The molecule has 0 aliphatic carbocycles. The summed E-state index contributed by atoms with van der Waals surface area (Å²) >= 11 is 7.79. The van der Waals surface area contributed by atoms with Crippen LogP contribution in [-0.4, -0.2) is 47.0 Å². The summed E-state index contributed by atoms with van der Waals surface area (Å²) in [6.45, 7) is 8.66. The van der Waals surface area contributed by atoms with Crippen LogP contribution in [0.1, 0.15) is 42.8 Å². The van der Waals surface area contributed by atoms with Gasteiger partial charge < -0.3 is 19.9 Å². The largest absolute Gasteiger partial charge is 0.491 e. The van der Waals surface area contributed by atoms with Gasteiger partial charge in [-0.3, -0.25) is 4.79 Å². The van der Waals surface area contributed by atoms with E-state index in [1.54, 1.807) is 40.5 Å². The molecular formula is C28H32ClN3O3S. The van der Waals surface area contributed by atoms with Crippen LogP contribution in [-0.2, 0) is 11.2 Å². The van der Waals surface area contributed by atoms with E-state index in [4.69, 9.17) is 16.3 Å². The number of para-hydroxylation sites is 1. The van der Waals surface area contributed by atoms with Crippen molar-refractivity contribution in [1.82, 2.24) is 9.80 Å². The second kappa shape index (κ2) is 10.9. The number of thiophene rings is 1. The quantitative estimate of drug-likeness (QED) is 0.397. The molecule has 36 heavy (non-hydrogen) atoms. The minimum absolute atomic E-state index is 0.0454. The maximum atomic E-state index is 13.7. The number of nitrogens with one attached hydrogen (secondary N) is 1. The van der Waals surface area contributed by atoms with Gasteiger partial charge in [-0.15, -0.1) is 11.3 Å². The molecule has 1 aliphatic heterocycles. The van der Waals surface area contributed by atoms with Crippen molar-refractivity contribution in [1.29, 1.82) is 0 Å². The molecule has 1 N–H and O–H groups in total. The van der Waals surface area contributed by atoms with Gasteiger partial charge in [0.1, 0.15) is 18.9 Å². The van der Waals surface area contributed by atoms with Crippen molar-refractivity contribution in [3.05, 3.63) is 81.0 Å². The van der Waals surface area contributed by atoms with Crippen molar-refractivity contribution < 1.29 is 14.3 Å². The van der Waals surface area contributed by atoms with Crippen LogP contribution < -0.4 is 10.1 Å². The van der Waals surface area contributed by atoms with E-state index in [1.807, 2.05) is 56.9 Å². The van der Waals surface area contributed by atoms with E-state index in [0.29, 0.717) is 23.9 Å². The lowest BCUT2D eigenvalue weighted by Gasteiger charge is -2.40. The molecule has 0 spiro atoms. The monoisotopic (exact) mass is 525 g/mol. The zero-order valence-corrected chi connectivity index (χ0v) is 22.7. The molecule has 1 unspecified atom stereocenters. The lowest BCUT2D eigenvalue weighted by Crippen LogP contribution is -2.54. The summed E-state index contributed by atoms with van der Waals surface area (Å²) < 4.78 is 6.20. The Hall–Kier alpha value is -3.03. The number of benzene rings is 2. The Morgan fingerprint density at radius 3 is 2.67 bits per heavy atom. The number of urea groups is 1. The molecule has 3 aromatic rings. The first-order valence-electron chi connectivity index (χ1n) is 12.0. The van der Waals surface area contributed by atoms with Crippen molar-refractivity contribution >= 4 is 40.6 Å². The van der Waals surface area contributed by atoms with E-state index in [1.165, 1.54) is 4.88 Å². The number of amides is 3. The summed E-state index contributed by atoms with van der Waals surface area (Å²) in [7, 11) is 0. The fraction of sp³-hybridized carbons (Fsp3) is 0.357. The highest BCUT2D eigenvalue weighted by molar-refractivity contribution is 7.10. The molecule has 0 radical (unpaired) electrons. The van der Waals surface area contributed by atoms with Gasteiger partial charge in [-0.25, -0.2) is 4.79 Å². The van der Waals surface area contributed by atoms with Gasteiger partial charge in [0, 0.05) is 27.7 Å². The topological polar surface area (TPSA) is 61.9 Å². The molecule has 0 saturated heterocycles. The maximum absolute atomic E-state index is 13.7. The predicted molar refractivity (Wildman–Crippen MR) is 146 cm³/mol. The Balaban J connectivity index is 1.53. The molecule has 1 atom stereocenters. The van der Waals surface area contributed by atoms with Gasteiger partial charge in [-0.05, 0) is 81.0 Å². The molecule has 0 fully saturated rings. The number of carbonyl (C=O) groups is 2. The molecule has 3 amide bonds. The van der Waals surface area contributed by atoms with Crippen molar-refractivity contribution in [2.24, 2.45) is 0 Å². The summed E-state index contributed by atoms with van der Waals surface area (Å²) in [4.78, 5) is 31.7. The zero-order chi connectivity index (χ0) is 25.9. The second-order valence-corrected chi connectivity index (χ2v) is 11.4. The first-order chi connectivity index (χ1) is 17.1. The molecule has 0 saturated carbocycles. The average molecular weight is 526 g/mol. The lowest BCUT2D eigenvalue weighted by molar-refractivity contribution is -0.136. The Bertz CT molecular complexity index is 1240. The molecule has 1 aromatic heterocycles. The minimum Gasteiger partial charge on any atom is -0.491 e. The zero-order valence-electron chi connectivity index (χ0n) is 21.1. The van der Waals surface area contributed by atoms with E-state index >= 15 is 0 Å². The number of nitrogens with zero attached hydrogens (tertiary/aromatic N) is 2. The van der Waals surface area contributed by atoms with E-state index in [-0.39, 0.29) is 24.5 Å². The van der Waals surface area contributed by atoms with E-state index in [9.17, 15) is 9.59 Å². The normalized spacial score (nSPS) is 15.2. The highest BCUT2D eigenvalue weighted by atomic mass is 35.5. The molecule has 6 nitrogen and oxygen atoms in total. The number of hydrogen-bond donors (Lipinski definition) is 1. The summed E-state index contributed by atoms with van der Waals surface area (Å²) in [5.41, 5.74) is 2.18. The third kappa shape index (κ3) is 6.02. The number of fused-ring (bicyclic) bond motifs is 1. The molecular weight excluding hydrogens is 494 g/mol. The summed E-state index contributed by atoms with van der Waals surface area (Å²) in [5.74, 6) is 0.700. The third-order valence-electron chi connectivity index (χ3n) is 6.33. The Labute approximate surface area is 221 Å². The molecule has 4 rings (SSSR count). The van der Waals surface area contributed by atoms with Crippen LogP contribution in [0.5, 0.6) is 5.75 Å². The smallest absolute Gasteiger partial charge is 0.322 e. The highest BCUT2D eigenvalue weighted by Crippen LogP contribution is 2.34. The maximum Gasteiger partial charge on any atom is 0.322 e. The number of rotatable bonds is 6. The van der Waals surface area contributed by atoms with Crippen molar-refractivity contribution in [3.8, 4) is 5.75 Å². The van der Waals surface area contributed by atoms with E-state index < -0.39 is 5.54 Å². The van der Waals surface area contributed by atoms with Crippen LogP contribution in [0.15, 0.2) is 60.0 Å². The number of halogens is 1. The van der Waals surface area contributed by atoms with Gasteiger partial charge in [-0.1, -0.05) is 35.9 Å². The number of hydrogen-bond acceptors (Lipinski definition) is 4. The number of anilines is 1.